The Balaban J connectivity index is 2.17. The number of aromatic carboxylic acids is 1. The first-order valence-corrected chi connectivity index (χ1v) is 6.61. The summed E-state index contributed by atoms with van der Waals surface area (Å²) in [6, 6.07) is 8.05. The highest BCUT2D eigenvalue weighted by Gasteiger charge is 2.13. The standard InChI is InChI=1S/C12H7NO2S2/c14-12(15)10-5-13-11(17-10)8-6-16-9-4-2-1-3-7(8)9/h1-6H,(H,14,15). The number of hydrogen-bond donors (Lipinski definition) is 1. The topological polar surface area (TPSA) is 50.2 Å². The third kappa shape index (κ3) is 1.73. The van der Waals surface area contributed by atoms with E-state index >= 15 is 0 Å². The Labute approximate surface area is 105 Å². The van der Waals surface area contributed by atoms with E-state index in [1.54, 1.807) is 11.3 Å². The first kappa shape index (κ1) is 10.4. The summed E-state index contributed by atoms with van der Waals surface area (Å²) in [4.78, 5) is 15.3. The van der Waals surface area contributed by atoms with Crippen molar-refractivity contribution in [3.8, 4) is 10.6 Å². The minimum atomic E-state index is -0.923. The van der Waals surface area contributed by atoms with E-state index in [9.17, 15) is 4.79 Å². The Hall–Kier alpha value is -1.72. The van der Waals surface area contributed by atoms with E-state index in [0.717, 1.165) is 16.0 Å². The van der Waals surface area contributed by atoms with Crippen LogP contribution in [0.4, 0.5) is 0 Å². The monoisotopic (exact) mass is 261 g/mol. The first-order valence-electron chi connectivity index (χ1n) is 4.91. The summed E-state index contributed by atoms with van der Waals surface area (Å²) >= 11 is 2.86. The van der Waals surface area contributed by atoms with Crippen molar-refractivity contribution < 1.29 is 9.90 Å². The molecule has 0 saturated heterocycles. The van der Waals surface area contributed by atoms with Gasteiger partial charge in [-0.1, -0.05) is 18.2 Å². The second-order valence-corrected chi connectivity index (χ2v) is 5.42. The van der Waals surface area contributed by atoms with E-state index in [1.165, 1.54) is 22.2 Å². The molecular weight excluding hydrogens is 254 g/mol. The average Bonchev–Trinajstić information content (AvgIpc) is 2.95. The molecule has 0 unspecified atom stereocenters. The number of fused-ring (bicyclic) bond motifs is 1. The molecule has 0 aliphatic rings. The van der Waals surface area contributed by atoms with Crippen LogP contribution < -0.4 is 0 Å². The summed E-state index contributed by atoms with van der Waals surface area (Å²) in [5.41, 5.74) is 1.02. The van der Waals surface area contributed by atoms with Gasteiger partial charge in [0.1, 0.15) is 9.88 Å². The molecule has 2 aromatic heterocycles. The molecule has 0 radical (unpaired) electrons. The van der Waals surface area contributed by atoms with Gasteiger partial charge in [0.2, 0.25) is 0 Å². The lowest BCUT2D eigenvalue weighted by Gasteiger charge is -1.92. The lowest BCUT2D eigenvalue weighted by atomic mass is 10.2. The molecule has 84 valence electrons. The SMILES string of the molecule is O=C(O)c1cnc(-c2csc3ccccc23)s1. The van der Waals surface area contributed by atoms with E-state index < -0.39 is 5.97 Å². The van der Waals surface area contributed by atoms with Crippen molar-refractivity contribution in [2.75, 3.05) is 0 Å². The molecule has 0 aliphatic carbocycles. The normalized spacial score (nSPS) is 10.8. The quantitative estimate of drug-likeness (QED) is 0.764. The molecule has 3 nitrogen and oxygen atoms in total. The maximum Gasteiger partial charge on any atom is 0.347 e. The van der Waals surface area contributed by atoms with Gasteiger partial charge in [0.25, 0.3) is 0 Å². The number of carboxylic acid groups (broad SMARTS) is 1. The van der Waals surface area contributed by atoms with Gasteiger partial charge in [0, 0.05) is 21.0 Å². The summed E-state index contributed by atoms with van der Waals surface area (Å²) < 4.78 is 1.19. The number of thiophene rings is 1. The van der Waals surface area contributed by atoms with Crippen LogP contribution in [0.25, 0.3) is 20.7 Å². The molecule has 3 aromatic rings. The Morgan fingerprint density at radius 2 is 2.12 bits per heavy atom. The minimum Gasteiger partial charge on any atom is -0.477 e. The van der Waals surface area contributed by atoms with Crippen LogP contribution in [0.1, 0.15) is 9.67 Å². The van der Waals surface area contributed by atoms with Crippen molar-refractivity contribution >= 4 is 38.7 Å². The number of aromatic nitrogens is 1. The predicted octanol–water partition coefficient (Wildman–Crippen LogP) is 3.72. The van der Waals surface area contributed by atoms with E-state index in [2.05, 4.69) is 11.1 Å². The Kier molecular flexibility index (Phi) is 2.42. The van der Waals surface area contributed by atoms with Crippen molar-refractivity contribution in [3.63, 3.8) is 0 Å². The molecule has 0 bridgehead atoms. The predicted molar refractivity (Wildman–Crippen MR) is 69.9 cm³/mol. The largest absolute Gasteiger partial charge is 0.477 e. The number of carboxylic acids is 1. The number of nitrogens with zero attached hydrogens (tertiary/aromatic N) is 1. The fourth-order valence-electron chi connectivity index (χ4n) is 1.64. The zero-order valence-electron chi connectivity index (χ0n) is 8.58. The molecule has 1 N–H and O–H groups in total. The van der Waals surface area contributed by atoms with Crippen LogP contribution in [0.15, 0.2) is 35.8 Å². The molecule has 0 atom stereocenters. The summed E-state index contributed by atoms with van der Waals surface area (Å²) in [5, 5.41) is 12.8. The third-order valence-electron chi connectivity index (χ3n) is 2.43. The third-order valence-corrected chi connectivity index (χ3v) is 4.41. The van der Waals surface area contributed by atoms with Gasteiger partial charge in [-0.15, -0.1) is 22.7 Å². The van der Waals surface area contributed by atoms with Crippen molar-refractivity contribution in [1.82, 2.24) is 4.98 Å². The highest BCUT2D eigenvalue weighted by atomic mass is 32.1. The minimum absolute atomic E-state index is 0.273. The summed E-state index contributed by atoms with van der Waals surface area (Å²) in [7, 11) is 0. The lowest BCUT2D eigenvalue weighted by molar-refractivity contribution is 0.0702. The van der Waals surface area contributed by atoms with Gasteiger partial charge >= 0.3 is 5.97 Å². The molecule has 0 amide bonds. The van der Waals surface area contributed by atoms with Crippen LogP contribution in [0, 0.1) is 0 Å². The molecule has 0 aliphatic heterocycles. The second-order valence-electron chi connectivity index (χ2n) is 3.48. The van der Waals surface area contributed by atoms with Crippen LogP contribution in [-0.2, 0) is 0 Å². The van der Waals surface area contributed by atoms with Crippen molar-refractivity contribution in [2.45, 2.75) is 0 Å². The van der Waals surface area contributed by atoms with Crippen LogP contribution >= 0.6 is 22.7 Å². The van der Waals surface area contributed by atoms with Crippen LogP contribution in [0.2, 0.25) is 0 Å². The van der Waals surface area contributed by atoms with Gasteiger partial charge in [0.05, 0.1) is 6.20 Å². The molecule has 3 rings (SSSR count). The average molecular weight is 261 g/mol. The van der Waals surface area contributed by atoms with E-state index in [0.29, 0.717) is 0 Å². The molecular formula is C12H7NO2S2. The first-order chi connectivity index (χ1) is 8.25. The number of thiazole rings is 1. The smallest absolute Gasteiger partial charge is 0.347 e. The maximum atomic E-state index is 10.8. The second kappa shape index (κ2) is 3.94. The number of hydrogen-bond acceptors (Lipinski definition) is 4. The van der Waals surface area contributed by atoms with E-state index in [-0.39, 0.29) is 4.88 Å². The summed E-state index contributed by atoms with van der Waals surface area (Å²) in [6.45, 7) is 0. The van der Waals surface area contributed by atoms with Crippen molar-refractivity contribution in [1.29, 1.82) is 0 Å². The van der Waals surface area contributed by atoms with Crippen LogP contribution in [0.3, 0.4) is 0 Å². The van der Waals surface area contributed by atoms with Gasteiger partial charge in [0.15, 0.2) is 0 Å². The van der Waals surface area contributed by atoms with Gasteiger partial charge in [-0.2, -0.15) is 0 Å². The molecule has 17 heavy (non-hydrogen) atoms. The molecule has 1 aromatic carbocycles. The van der Waals surface area contributed by atoms with Gasteiger partial charge < -0.3 is 5.11 Å². The highest BCUT2D eigenvalue weighted by Crippen LogP contribution is 2.35. The molecule has 0 fully saturated rings. The van der Waals surface area contributed by atoms with Crippen molar-refractivity contribution in [3.05, 3.63) is 40.7 Å². The molecule has 0 spiro atoms. The number of carbonyl (C=O) groups is 1. The van der Waals surface area contributed by atoms with Crippen molar-refractivity contribution in [2.24, 2.45) is 0 Å². The Morgan fingerprint density at radius 3 is 2.88 bits per heavy atom. The number of rotatable bonds is 2. The number of benzene rings is 1. The van der Waals surface area contributed by atoms with E-state index in [1.807, 2.05) is 23.6 Å². The summed E-state index contributed by atoms with van der Waals surface area (Å²) in [6.07, 6.45) is 1.41. The molecule has 2 heterocycles. The molecule has 5 heteroatoms. The summed E-state index contributed by atoms with van der Waals surface area (Å²) in [5.74, 6) is -0.923. The lowest BCUT2D eigenvalue weighted by Crippen LogP contribution is -1.89. The van der Waals surface area contributed by atoms with Gasteiger partial charge in [-0.3, -0.25) is 0 Å². The molecule has 0 saturated carbocycles. The fourth-order valence-corrected chi connectivity index (χ4v) is 3.45. The Bertz CT molecular complexity index is 699. The zero-order valence-corrected chi connectivity index (χ0v) is 10.2. The van der Waals surface area contributed by atoms with Crippen LogP contribution in [0.5, 0.6) is 0 Å². The van der Waals surface area contributed by atoms with E-state index in [4.69, 9.17) is 5.11 Å². The van der Waals surface area contributed by atoms with Gasteiger partial charge in [-0.25, -0.2) is 9.78 Å². The fraction of sp³-hybridized carbons (Fsp3) is 0. The zero-order chi connectivity index (χ0) is 11.8. The van der Waals surface area contributed by atoms with Gasteiger partial charge in [-0.05, 0) is 6.07 Å². The Morgan fingerprint density at radius 1 is 1.29 bits per heavy atom. The van der Waals surface area contributed by atoms with Crippen LogP contribution in [-0.4, -0.2) is 16.1 Å². The maximum absolute atomic E-state index is 10.8. The highest BCUT2D eigenvalue weighted by molar-refractivity contribution is 7.19.